The van der Waals surface area contributed by atoms with Crippen LogP contribution < -0.4 is 5.73 Å². The zero-order chi connectivity index (χ0) is 11.6. The summed E-state index contributed by atoms with van der Waals surface area (Å²) < 4.78 is 13.6. The second-order valence-corrected chi connectivity index (χ2v) is 5.70. The minimum absolute atomic E-state index is 0.0739. The zero-order valence-corrected chi connectivity index (χ0v) is 10.9. The van der Waals surface area contributed by atoms with Crippen LogP contribution in [-0.4, -0.2) is 5.54 Å². The third kappa shape index (κ3) is 2.83. The van der Waals surface area contributed by atoms with Crippen molar-refractivity contribution in [2.75, 3.05) is 0 Å². The molecule has 0 unspecified atom stereocenters. The van der Waals surface area contributed by atoms with Gasteiger partial charge in [-0.15, -0.1) is 0 Å². The summed E-state index contributed by atoms with van der Waals surface area (Å²) in [5, 5.41) is 0. The van der Waals surface area contributed by atoms with Gasteiger partial charge in [0.15, 0.2) is 0 Å². The molecule has 1 aliphatic rings. The van der Waals surface area contributed by atoms with E-state index in [4.69, 9.17) is 5.73 Å². The molecule has 1 aliphatic carbocycles. The van der Waals surface area contributed by atoms with Gasteiger partial charge in [0.2, 0.25) is 0 Å². The second kappa shape index (κ2) is 4.84. The number of rotatable bonds is 2. The Bertz CT molecular complexity index is 372. The van der Waals surface area contributed by atoms with Crippen molar-refractivity contribution in [2.45, 2.75) is 44.1 Å². The third-order valence-electron chi connectivity index (χ3n) is 3.39. The maximum atomic E-state index is 13.1. The van der Waals surface area contributed by atoms with Gasteiger partial charge in [-0.1, -0.05) is 25.3 Å². The van der Waals surface area contributed by atoms with E-state index in [-0.39, 0.29) is 11.4 Å². The zero-order valence-electron chi connectivity index (χ0n) is 9.31. The van der Waals surface area contributed by atoms with Crippen molar-refractivity contribution in [3.8, 4) is 0 Å². The van der Waals surface area contributed by atoms with Crippen LogP contribution in [0.3, 0.4) is 0 Å². The average Bonchev–Trinajstić information content (AvgIpc) is 2.24. The lowest BCUT2D eigenvalue weighted by atomic mass is 9.78. The minimum Gasteiger partial charge on any atom is -0.325 e. The molecule has 1 fully saturated rings. The highest BCUT2D eigenvalue weighted by Crippen LogP contribution is 2.30. The van der Waals surface area contributed by atoms with Crippen LogP contribution in [0.25, 0.3) is 0 Å². The van der Waals surface area contributed by atoms with E-state index in [0.29, 0.717) is 4.47 Å². The summed E-state index contributed by atoms with van der Waals surface area (Å²) >= 11 is 3.21. The summed E-state index contributed by atoms with van der Waals surface area (Å²) in [5.74, 6) is -0.210. The Labute approximate surface area is 104 Å². The van der Waals surface area contributed by atoms with E-state index in [1.165, 1.54) is 25.3 Å². The Morgan fingerprint density at radius 2 is 1.94 bits per heavy atom. The summed E-state index contributed by atoms with van der Waals surface area (Å²) in [6, 6.07) is 5.19. The molecule has 0 aliphatic heterocycles. The highest BCUT2D eigenvalue weighted by Gasteiger charge is 2.27. The molecule has 1 nitrogen and oxygen atoms in total. The summed E-state index contributed by atoms with van der Waals surface area (Å²) in [7, 11) is 0. The highest BCUT2D eigenvalue weighted by atomic mass is 79.9. The fourth-order valence-corrected chi connectivity index (χ4v) is 2.92. The van der Waals surface area contributed by atoms with Crippen molar-refractivity contribution in [2.24, 2.45) is 5.73 Å². The Kier molecular flexibility index (Phi) is 3.65. The molecule has 16 heavy (non-hydrogen) atoms. The fraction of sp³-hybridized carbons (Fsp3) is 0.538. The third-order valence-corrected chi connectivity index (χ3v) is 4.00. The van der Waals surface area contributed by atoms with Crippen LogP contribution in [0.15, 0.2) is 22.7 Å². The molecule has 0 amide bonds. The van der Waals surface area contributed by atoms with Gasteiger partial charge in [0, 0.05) is 5.54 Å². The van der Waals surface area contributed by atoms with Gasteiger partial charge < -0.3 is 5.73 Å². The van der Waals surface area contributed by atoms with Crippen molar-refractivity contribution in [1.82, 2.24) is 0 Å². The Hall–Kier alpha value is -0.410. The maximum absolute atomic E-state index is 13.1. The number of nitrogens with two attached hydrogens (primary N) is 1. The summed E-state index contributed by atoms with van der Waals surface area (Å²) in [6.07, 6.45) is 6.76. The van der Waals surface area contributed by atoms with Gasteiger partial charge in [0.25, 0.3) is 0 Å². The van der Waals surface area contributed by atoms with Crippen molar-refractivity contribution in [3.63, 3.8) is 0 Å². The molecule has 1 aromatic rings. The SMILES string of the molecule is NC1(Cc2ccc(F)c(Br)c2)CCCCC1. The second-order valence-electron chi connectivity index (χ2n) is 4.85. The largest absolute Gasteiger partial charge is 0.325 e. The lowest BCUT2D eigenvalue weighted by molar-refractivity contribution is 0.294. The van der Waals surface area contributed by atoms with E-state index in [9.17, 15) is 4.39 Å². The summed E-state index contributed by atoms with van der Waals surface area (Å²) in [6.45, 7) is 0. The molecule has 1 saturated carbocycles. The predicted octanol–water partition coefficient (Wildman–Crippen LogP) is 3.79. The quantitative estimate of drug-likeness (QED) is 0.879. The van der Waals surface area contributed by atoms with Crippen molar-refractivity contribution in [1.29, 1.82) is 0 Å². The van der Waals surface area contributed by atoms with E-state index in [0.717, 1.165) is 24.8 Å². The molecule has 0 aromatic heterocycles. The lowest BCUT2D eigenvalue weighted by Gasteiger charge is -2.33. The van der Waals surface area contributed by atoms with Crippen LogP contribution >= 0.6 is 15.9 Å². The Morgan fingerprint density at radius 1 is 1.25 bits per heavy atom. The first kappa shape index (κ1) is 12.1. The number of benzene rings is 1. The summed E-state index contributed by atoms with van der Waals surface area (Å²) in [5.41, 5.74) is 7.42. The number of hydrogen-bond acceptors (Lipinski definition) is 1. The van der Waals surface area contributed by atoms with Gasteiger partial charge in [-0.25, -0.2) is 4.39 Å². The van der Waals surface area contributed by atoms with Gasteiger partial charge in [0.05, 0.1) is 4.47 Å². The standard InChI is InChI=1S/C13H17BrFN/c14-11-8-10(4-5-12(11)15)9-13(16)6-2-1-3-7-13/h4-5,8H,1-3,6-7,9,16H2. The van der Waals surface area contributed by atoms with Gasteiger partial charge in [-0.3, -0.25) is 0 Å². The highest BCUT2D eigenvalue weighted by molar-refractivity contribution is 9.10. The van der Waals surface area contributed by atoms with E-state index < -0.39 is 0 Å². The molecule has 3 heteroatoms. The molecule has 0 bridgehead atoms. The molecule has 0 atom stereocenters. The van der Waals surface area contributed by atoms with E-state index in [2.05, 4.69) is 15.9 Å². The van der Waals surface area contributed by atoms with Crippen molar-refractivity contribution >= 4 is 15.9 Å². The molecule has 1 aromatic carbocycles. The molecule has 0 saturated heterocycles. The van der Waals surface area contributed by atoms with Gasteiger partial charge in [-0.05, 0) is 52.9 Å². The van der Waals surface area contributed by atoms with Crippen LogP contribution in [0.1, 0.15) is 37.7 Å². The predicted molar refractivity (Wildman–Crippen MR) is 67.8 cm³/mol. The molecule has 0 radical (unpaired) electrons. The van der Waals surface area contributed by atoms with E-state index in [1.54, 1.807) is 0 Å². The first-order valence-corrected chi connectivity index (χ1v) is 6.61. The van der Waals surface area contributed by atoms with Crippen molar-refractivity contribution in [3.05, 3.63) is 34.1 Å². The fourth-order valence-electron chi connectivity index (χ4n) is 2.49. The molecule has 0 spiro atoms. The summed E-state index contributed by atoms with van der Waals surface area (Å²) in [4.78, 5) is 0. The molecule has 2 rings (SSSR count). The Balaban J connectivity index is 2.10. The van der Waals surface area contributed by atoms with Gasteiger partial charge >= 0.3 is 0 Å². The monoisotopic (exact) mass is 285 g/mol. The minimum atomic E-state index is -0.210. The Morgan fingerprint density at radius 3 is 2.56 bits per heavy atom. The number of halogens is 2. The van der Waals surface area contributed by atoms with Crippen LogP contribution in [0.2, 0.25) is 0 Å². The topological polar surface area (TPSA) is 26.0 Å². The average molecular weight is 286 g/mol. The van der Waals surface area contributed by atoms with E-state index in [1.807, 2.05) is 12.1 Å². The first-order chi connectivity index (χ1) is 7.59. The molecule has 88 valence electrons. The van der Waals surface area contributed by atoms with Gasteiger partial charge in [0.1, 0.15) is 5.82 Å². The molecule has 2 N–H and O–H groups in total. The van der Waals surface area contributed by atoms with Crippen LogP contribution in [0.4, 0.5) is 4.39 Å². The molecular formula is C13H17BrFN. The van der Waals surface area contributed by atoms with E-state index >= 15 is 0 Å². The normalized spacial score (nSPS) is 19.7. The lowest BCUT2D eigenvalue weighted by Crippen LogP contribution is -2.43. The van der Waals surface area contributed by atoms with Crippen molar-refractivity contribution < 1.29 is 4.39 Å². The molecular weight excluding hydrogens is 269 g/mol. The van der Waals surface area contributed by atoms with Crippen LogP contribution in [0.5, 0.6) is 0 Å². The van der Waals surface area contributed by atoms with Crippen LogP contribution in [-0.2, 0) is 6.42 Å². The molecule has 0 heterocycles. The van der Waals surface area contributed by atoms with Crippen LogP contribution in [0, 0.1) is 5.82 Å². The smallest absolute Gasteiger partial charge is 0.137 e. The van der Waals surface area contributed by atoms with Gasteiger partial charge in [-0.2, -0.15) is 0 Å². The number of hydrogen-bond donors (Lipinski definition) is 1. The first-order valence-electron chi connectivity index (χ1n) is 5.82. The maximum Gasteiger partial charge on any atom is 0.137 e.